The molecule has 0 atom stereocenters. The van der Waals surface area contributed by atoms with Crippen LogP contribution in [0.5, 0.6) is 5.75 Å². The summed E-state index contributed by atoms with van der Waals surface area (Å²) in [6.45, 7) is 4.10. The maximum absolute atomic E-state index is 12.9. The number of benzene rings is 2. The molecule has 0 radical (unpaired) electrons. The fraction of sp³-hybridized carbons (Fsp3) is 0.278. The maximum Gasteiger partial charge on any atom is 0.259 e. The average Bonchev–Trinajstić information content (AvgIpc) is 3.26. The zero-order valence-corrected chi connectivity index (χ0v) is 12.2. The number of aryl methyl sites for hydroxylation is 2. The third-order valence-corrected chi connectivity index (χ3v) is 4.53. The highest BCUT2D eigenvalue weighted by atomic mass is 16.3. The molecule has 106 valence electrons. The summed E-state index contributed by atoms with van der Waals surface area (Å²) in [5.41, 5.74) is 3.23. The summed E-state index contributed by atoms with van der Waals surface area (Å²) in [6.07, 6.45) is 2.09. The van der Waals surface area contributed by atoms with E-state index in [2.05, 4.69) is 13.0 Å². The van der Waals surface area contributed by atoms with Crippen molar-refractivity contribution in [1.82, 2.24) is 4.57 Å². The molecule has 1 saturated carbocycles. The molecule has 0 bridgehead atoms. The van der Waals surface area contributed by atoms with Gasteiger partial charge in [-0.15, -0.1) is 0 Å². The Bertz CT molecular complexity index is 949. The molecule has 1 fully saturated rings. The predicted molar refractivity (Wildman–Crippen MR) is 85.1 cm³/mol. The normalized spacial score (nSPS) is 15.0. The van der Waals surface area contributed by atoms with Gasteiger partial charge in [-0.3, -0.25) is 4.79 Å². The van der Waals surface area contributed by atoms with Crippen LogP contribution in [0.25, 0.3) is 21.7 Å². The zero-order valence-electron chi connectivity index (χ0n) is 12.2. The SMILES string of the molecule is Cc1cc2c(=O)n(C3CC3)c3cc(O)ccc3c2cc1C. The van der Waals surface area contributed by atoms with Crippen molar-refractivity contribution in [3.05, 3.63) is 51.8 Å². The van der Waals surface area contributed by atoms with E-state index in [1.807, 2.05) is 23.6 Å². The van der Waals surface area contributed by atoms with Gasteiger partial charge in [-0.1, -0.05) is 6.07 Å². The first-order valence-corrected chi connectivity index (χ1v) is 7.34. The lowest BCUT2D eigenvalue weighted by Crippen LogP contribution is -2.20. The topological polar surface area (TPSA) is 42.2 Å². The Morgan fingerprint density at radius 3 is 2.33 bits per heavy atom. The standard InChI is InChI=1S/C18H17NO2/c1-10-7-15-14-6-5-13(20)9-17(14)19(12-3-4-12)18(21)16(15)8-11(10)2/h5-9,12,20H,3-4H2,1-2H3. The number of rotatable bonds is 1. The number of fused-ring (bicyclic) bond motifs is 3. The highest BCUT2D eigenvalue weighted by Gasteiger charge is 2.27. The molecule has 21 heavy (non-hydrogen) atoms. The van der Waals surface area contributed by atoms with Gasteiger partial charge in [0.2, 0.25) is 0 Å². The Kier molecular flexibility index (Phi) is 2.43. The quantitative estimate of drug-likeness (QED) is 0.688. The van der Waals surface area contributed by atoms with E-state index in [9.17, 15) is 9.90 Å². The molecule has 0 unspecified atom stereocenters. The fourth-order valence-electron chi connectivity index (χ4n) is 3.10. The molecule has 1 aromatic heterocycles. The van der Waals surface area contributed by atoms with E-state index in [0.717, 1.165) is 40.1 Å². The molecular weight excluding hydrogens is 262 g/mol. The van der Waals surface area contributed by atoms with Crippen LogP contribution >= 0.6 is 0 Å². The molecule has 4 rings (SSSR count). The van der Waals surface area contributed by atoms with Gasteiger partial charge in [0, 0.05) is 22.9 Å². The van der Waals surface area contributed by atoms with Crippen molar-refractivity contribution < 1.29 is 5.11 Å². The second-order valence-electron chi connectivity index (χ2n) is 6.09. The van der Waals surface area contributed by atoms with Crippen LogP contribution in [0.4, 0.5) is 0 Å². The van der Waals surface area contributed by atoms with E-state index in [1.54, 1.807) is 12.1 Å². The summed E-state index contributed by atoms with van der Waals surface area (Å²) < 4.78 is 1.87. The average molecular weight is 279 g/mol. The van der Waals surface area contributed by atoms with Gasteiger partial charge in [-0.25, -0.2) is 0 Å². The second-order valence-corrected chi connectivity index (χ2v) is 6.09. The molecule has 0 saturated heterocycles. The number of phenols is 1. The number of aromatic nitrogens is 1. The lowest BCUT2D eigenvalue weighted by atomic mass is 10.00. The summed E-state index contributed by atoms with van der Waals surface area (Å²) in [5, 5.41) is 12.6. The van der Waals surface area contributed by atoms with Crippen molar-refractivity contribution in [2.75, 3.05) is 0 Å². The van der Waals surface area contributed by atoms with Gasteiger partial charge < -0.3 is 9.67 Å². The third kappa shape index (κ3) is 1.77. The Labute approximate surface area is 122 Å². The molecule has 2 aromatic carbocycles. The minimum Gasteiger partial charge on any atom is -0.508 e. The Balaban J connectivity index is 2.28. The van der Waals surface area contributed by atoms with Crippen LogP contribution in [-0.2, 0) is 0 Å². The van der Waals surface area contributed by atoms with Crippen LogP contribution in [0.15, 0.2) is 35.1 Å². The van der Waals surface area contributed by atoms with E-state index in [-0.39, 0.29) is 17.4 Å². The van der Waals surface area contributed by atoms with Crippen molar-refractivity contribution in [2.45, 2.75) is 32.7 Å². The van der Waals surface area contributed by atoms with E-state index in [4.69, 9.17) is 0 Å². The number of hydrogen-bond acceptors (Lipinski definition) is 2. The number of aromatic hydroxyl groups is 1. The number of pyridine rings is 1. The summed E-state index contributed by atoms with van der Waals surface area (Å²) in [7, 11) is 0. The molecule has 3 nitrogen and oxygen atoms in total. The number of hydrogen-bond donors (Lipinski definition) is 1. The molecular formula is C18H17NO2. The van der Waals surface area contributed by atoms with E-state index in [1.165, 1.54) is 5.56 Å². The van der Waals surface area contributed by atoms with Crippen LogP contribution in [0.1, 0.15) is 30.0 Å². The van der Waals surface area contributed by atoms with Crippen molar-refractivity contribution >= 4 is 21.7 Å². The lowest BCUT2D eigenvalue weighted by molar-refractivity contribution is 0.475. The highest BCUT2D eigenvalue weighted by molar-refractivity contribution is 6.06. The maximum atomic E-state index is 12.9. The van der Waals surface area contributed by atoms with Crippen LogP contribution in [0, 0.1) is 13.8 Å². The smallest absolute Gasteiger partial charge is 0.259 e. The molecule has 0 aliphatic heterocycles. The van der Waals surface area contributed by atoms with Crippen molar-refractivity contribution in [1.29, 1.82) is 0 Å². The van der Waals surface area contributed by atoms with Crippen LogP contribution in [-0.4, -0.2) is 9.67 Å². The van der Waals surface area contributed by atoms with Gasteiger partial charge in [0.25, 0.3) is 5.56 Å². The first-order valence-electron chi connectivity index (χ1n) is 7.34. The number of phenolic OH excluding ortho intramolecular Hbond substituents is 1. The third-order valence-electron chi connectivity index (χ3n) is 4.53. The molecule has 1 aliphatic rings. The van der Waals surface area contributed by atoms with E-state index < -0.39 is 0 Å². The minimum absolute atomic E-state index is 0.0636. The van der Waals surface area contributed by atoms with Crippen molar-refractivity contribution in [3.63, 3.8) is 0 Å². The van der Waals surface area contributed by atoms with Gasteiger partial charge in [0.1, 0.15) is 5.75 Å². The van der Waals surface area contributed by atoms with Gasteiger partial charge in [0.15, 0.2) is 0 Å². The lowest BCUT2D eigenvalue weighted by Gasteiger charge is -2.14. The molecule has 3 aromatic rings. The van der Waals surface area contributed by atoms with Gasteiger partial charge in [-0.2, -0.15) is 0 Å². The van der Waals surface area contributed by atoms with Gasteiger partial charge in [-0.05, 0) is 61.4 Å². The molecule has 1 N–H and O–H groups in total. The minimum atomic E-state index is 0.0636. The van der Waals surface area contributed by atoms with E-state index in [0.29, 0.717) is 0 Å². The molecule has 0 amide bonds. The molecule has 1 heterocycles. The Morgan fingerprint density at radius 2 is 1.67 bits per heavy atom. The summed E-state index contributed by atoms with van der Waals surface area (Å²) in [5.74, 6) is 0.208. The first kappa shape index (κ1) is 12.5. The van der Waals surface area contributed by atoms with Gasteiger partial charge >= 0.3 is 0 Å². The number of nitrogens with zero attached hydrogens (tertiary/aromatic N) is 1. The van der Waals surface area contributed by atoms with Crippen LogP contribution in [0.3, 0.4) is 0 Å². The Morgan fingerprint density at radius 1 is 1.00 bits per heavy atom. The summed E-state index contributed by atoms with van der Waals surface area (Å²) >= 11 is 0. The van der Waals surface area contributed by atoms with Crippen molar-refractivity contribution in [3.8, 4) is 5.75 Å². The Hall–Kier alpha value is -2.29. The summed E-state index contributed by atoms with van der Waals surface area (Å²) in [6, 6.07) is 9.69. The van der Waals surface area contributed by atoms with Crippen LogP contribution in [0.2, 0.25) is 0 Å². The van der Waals surface area contributed by atoms with E-state index >= 15 is 0 Å². The predicted octanol–water partition coefficient (Wildman–Crippen LogP) is 3.81. The largest absolute Gasteiger partial charge is 0.508 e. The van der Waals surface area contributed by atoms with Crippen molar-refractivity contribution in [2.24, 2.45) is 0 Å². The highest BCUT2D eigenvalue weighted by Crippen LogP contribution is 2.38. The first-order chi connectivity index (χ1) is 10.1. The van der Waals surface area contributed by atoms with Gasteiger partial charge in [0.05, 0.1) is 5.52 Å². The molecule has 1 aliphatic carbocycles. The molecule has 3 heteroatoms. The monoisotopic (exact) mass is 279 g/mol. The second kappa shape index (κ2) is 4.10. The fourth-order valence-corrected chi connectivity index (χ4v) is 3.10. The van der Waals surface area contributed by atoms with Crippen LogP contribution < -0.4 is 5.56 Å². The summed E-state index contributed by atoms with van der Waals surface area (Å²) in [4.78, 5) is 12.9. The molecule has 0 spiro atoms. The zero-order chi connectivity index (χ0) is 14.7.